The molecular formula is C13H12N4. The second-order valence-electron chi connectivity index (χ2n) is 4.21. The van der Waals surface area contributed by atoms with E-state index in [-0.39, 0.29) is 0 Å². The van der Waals surface area contributed by atoms with Crippen molar-refractivity contribution >= 4 is 0 Å². The summed E-state index contributed by atoms with van der Waals surface area (Å²) in [7, 11) is 0. The molecule has 0 saturated carbocycles. The number of imidazole rings is 1. The fourth-order valence-corrected chi connectivity index (χ4v) is 2.29. The van der Waals surface area contributed by atoms with Crippen LogP contribution >= 0.6 is 0 Å². The number of fused-ring (bicyclic) bond motifs is 1. The number of nitriles is 1. The average molecular weight is 224 g/mol. The van der Waals surface area contributed by atoms with Gasteiger partial charge in [-0.2, -0.15) is 5.26 Å². The predicted molar refractivity (Wildman–Crippen MR) is 62.7 cm³/mol. The van der Waals surface area contributed by atoms with Crippen LogP contribution < -0.4 is 0 Å². The normalized spacial score (nSPS) is 14.1. The highest BCUT2D eigenvalue weighted by Gasteiger charge is 2.16. The van der Waals surface area contributed by atoms with Crippen molar-refractivity contribution in [2.24, 2.45) is 0 Å². The molecule has 0 atom stereocenters. The van der Waals surface area contributed by atoms with Gasteiger partial charge in [-0.25, -0.2) is 9.97 Å². The number of nitrogens with zero attached hydrogens (tertiary/aromatic N) is 4. The Morgan fingerprint density at radius 1 is 1.24 bits per heavy atom. The highest BCUT2D eigenvalue weighted by atomic mass is 15.1. The smallest absolute Gasteiger partial charge is 0.142 e. The minimum Gasteiger partial charge on any atom is -0.287 e. The van der Waals surface area contributed by atoms with Gasteiger partial charge in [-0.15, -0.1) is 0 Å². The van der Waals surface area contributed by atoms with Crippen molar-refractivity contribution in [3.05, 3.63) is 41.6 Å². The van der Waals surface area contributed by atoms with Crippen molar-refractivity contribution in [2.45, 2.75) is 25.7 Å². The van der Waals surface area contributed by atoms with E-state index in [1.54, 1.807) is 6.07 Å². The van der Waals surface area contributed by atoms with Crippen molar-refractivity contribution in [3.8, 4) is 11.9 Å². The lowest BCUT2D eigenvalue weighted by Crippen LogP contribution is -2.08. The number of aryl methyl sites for hydroxylation is 1. The molecule has 3 rings (SSSR count). The molecule has 0 aromatic carbocycles. The maximum absolute atomic E-state index is 8.86. The Labute approximate surface area is 99.6 Å². The van der Waals surface area contributed by atoms with Crippen LogP contribution in [0.5, 0.6) is 0 Å². The van der Waals surface area contributed by atoms with Gasteiger partial charge in [0.25, 0.3) is 0 Å². The van der Waals surface area contributed by atoms with Gasteiger partial charge in [-0.05, 0) is 37.8 Å². The Kier molecular flexibility index (Phi) is 2.37. The van der Waals surface area contributed by atoms with E-state index in [0.29, 0.717) is 5.69 Å². The Hall–Kier alpha value is -2.15. The summed E-state index contributed by atoms with van der Waals surface area (Å²) in [4.78, 5) is 8.73. The molecule has 0 spiro atoms. The van der Waals surface area contributed by atoms with E-state index in [0.717, 1.165) is 18.7 Å². The first-order chi connectivity index (χ1) is 8.38. The van der Waals surface area contributed by atoms with Crippen LogP contribution in [0.1, 0.15) is 29.9 Å². The molecule has 2 aromatic heterocycles. The van der Waals surface area contributed by atoms with Crippen LogP contribution in [0, 0.1) is 11.3 Å². The molecule has 17 heavy (non-hydrogen) atoms. The summed E-state index contributed by atoms with van der Waals surface area (Å²) in [6, 6.07) is 7.55. The first kappa shape index (κ1) is 10.0. The Balaban J connectivity index is 2.09. The van der Waals surface area contributed by atoms with Crippen molar-refractivity contribution < 1.29 is 0 Å². The third-order valence-electron chi connectivity index (χ3n) is 3.13. The molecular weight excluding hydrogens is 212 g/mol. The quantitative estimate of drug-likeness (QED) is 0.744. The van der Waals surface area contributed by atoms with Gasteiger partial charge in [-0.1, -0.05) is 6.07 Å². The molecule has 0 fully saturated rings. The number of hydrogen-bond donors (Lipinski definition) is 0. The van der Waals surface area contributed by atoms with E-state index >= 15 is 0 Å². The molecule has 4 heteroatoms. The first-order valence-electron chi connectivity index (χ1n) is 5.81. The van der Waals surface area contributed by atoms with Crippen molar-refractivity contribution in [1.82, 2.24) is 14.5 Å². The minimum atomic E-state index is 0.445. The van der Waals surface area contributed by atoms with Crippen LogP contribution in [0.3, 0.4) is 0 Å². The fourth-order valence-electron chi connectivity index (χ4n) is 2.29. The van der Waals surface area contributed by atoms with Crippen LogP contribution in [0.15, 0.2) is 24.5 Å². The highest BCUT2D eigenvalue weighted by molar-refractivity contribution is 5.33. The summed E-state index contributed by atoms with van der Waals surface area (Å²) in [6.07, 6.45) is 6.35. The van der Waals surface area contributed by atoms with Gasteiger partial charge in [0.15, 0.2) is 0 Å². The SMILES string of the molecule is N#Cc1cccc(-n2cnc3c2CCCC3)n1. The van der Waals surface area contributed by atoms with Gasteiger partial charge in [0, 0.05) is 5.69 Å². The molecule has 0 saturated heterocycles. The number of hydrogen-bond acceptors (Lipinski definition) is 3. The molecule has 1 aliphatic rings. The molecule has 2 heterocycles. The van der Waals surface area contributed by atoms with E-state index in [9.17, 15) is 0 Å². The van der Waals surface area contributed by atoms with Crippen LogP contribution in [-0.2, 0) is 12.8 Å². The second kappa shape index (κ2) is 4.02. The first-order valence-corrected chi connectivity index (χ1v) is 5.81. The average Bonchev–Trinajstić information content (AvgIpc) is 2.82. The van der Waals surface area contributed by atoms with Gasteiger partial charge in [0.1, 0.15) is 23.9 Å². The Morgan fingerprint density at radius 3 is 3.00 bits per heavy atom. The summed E-state index contributed by atoms with van der Waals surface area (Å²) < 4.78 is 2.01. The van der Waals surface area contributed by atoms with Gasteiger partial charge >= 0.3 is 0 Å². The monoisotopic (exact) mass is 224 g/mol. The molecule has 84 valence electrons. The zero-order chi connectivity index (χ0) is 11.7. The molecule has 0 radical (unpaired) electrons. The topological polar surface area (TPSA) is 54.5 Å². The lowest BCUT2D eigenvalue weighted by Gasteiger charge is -2.13. The van der Waals surface area contributed by atoms with Crippen LogP contribution in [0.2, 0.25) is 0 Å². The van der Waals surface area contributed by atoms with Crippen LogP contribution in [-0.4, -0.2) is 14.5 Å². The Morgan fingerprint density at radius 2 is 2.12 bits per heavy atom. The van der Waals surface area contributed by atoms with E-state index in [1.165, 1.54) is 24.2 Å². The summed E-state index contributed by atoms with van der Waals surface area (Å²) in [6.45, 7) is 0. The van der Waals surface area contributed by atoms with Gasteiger partial charge in [0.2, 0.25) is 0 Å². The molecule has 0 bridgehead atoms. The summed E-state index contributed by atoms with van der Waals surface area (Å²) in [5.74, 6) is 0.791. The fraction of sp³-hybridized carbons (Fsp3) is 0.308. The molecule has 0 amide bonds. The van der Waals surface area contributed by atoms with Crippen LogP contribution in [0.4, 0.5) is 0 Å². The molecule has 1 aliphatic carbocycles. The minimum absolute atomic E-state index is 0.445. The molecule has 4 nitrogen and oxygen atoms in total. The van der Waals surface area contributed by atoms with Gasteiger partial charge in [-0.3, -0.25) is 4.57 Å². The van der Waals surface area contributed by atoms with Gasteiger partial charge < -0.3 is 0 Å². The molecule has 0 N–H and O–H groups in total. The van der Waals surface area contributed by atoms with E-state index in [4.69, 9.17) is 5.26 Å². The summed E-state index contributed by atoms with van der Waals surface area (Å²) in [5.41, 5.74) is 2.88. The van der Waals surface area contributed by atoms with E-state index < -0.39 is 0 Å². The molecule has 2 aromatic rings. The second-order valence-corrected chi connectivity index (χ2v) is 4.21. The van der Waals surface area contributed by atoms with Crippen LogP contribution in [0.25, 0.3) is 5.82 Å². The number of aromatic nitrogens is 3. The van der Waals surface area contributed by atoms with E-state index in [1.807, 2.05) is 23.0 Å². The van der Waals surface area contributed by atoms with Crippen molar-refractivity contribution in [1.29, 1.82) is 5.26 Å². The van der Waals surface area contributed by atoms with Gasteiger partial charge in [0.05, 0.1) is 5.69 Å². The zero-order valence-corrected chi connectivity index (χ0v) is 9.43. The largest absolute Gasteiger partial charge is 0.287 e. The third-order valence-corrected chi connectivity index (χ3v) is 3.13. The van der Waals surface area contributed by atoms with E-state index in [2.05, 4.69) is 16.0 Å². The zero-order valence-electron chi connectivity index (χ0n) is 9.43. The summed E-state index contributed by atoms with van der Waals surface area (Å²) in [5, 5.41) is 8.86. The number of pyridine rings is 1. The maximum Gasteiger partial charge on any atom is 0.142 e. The lowest BCUT2D eigenvalue weighted by atomic mass is 10.0. The predicted octanol–water partition coefficient (Wildman–Crippen LogP) is 2.02. The lowest BCUT2D eigenvalue weighted by molar-refractivity contribution is 0.654. The molecule has 0 unspecified atom stereocenters. The Bertz CT molecular complexity index is 592. The third kappa shape index (κ3) is 1.70. The van der Waals surface area contributed by atoms with Crippen molar-refractivity contribution in [3.63, 3.8) is 0 Å². The standard InChI is InChI=1S/C13H12N4/c14-8-10-4-3-7-13(16-10)17-9-15-11-5-1-2-6-12(11)17/h3-4,7,9H,1-2,5-6H2. The highest BCUT2D eigenvalue weighted by Crippen LogP contribution is 2.22. The molecule has 0 aliphatic heterocycles. The van der Waals surface area contributed by atoms with Crippen molar-refractivity contribution in [2.75, 3.05) is 0 Å². The maximum atomic E-state index is 8.86. The summed E-state index contributed by atoms with van der Waals surface area (Å²) >= 11 is 0. The number of rotatable bonds is 1.